The Labute approximate surface area is 351 Å². The minimum Gasteiger partial charge on any atom is -0.454 e. The molecule has 17 nitrogen and oxygen atoms in total. The van der Waals surface area contributed by atoms with Crippen molar-refractivity contribution in [3.8, 4) is 11.5 Å². The number of aryl methyl sites for hydroxylation is 2. The Morgan fingerprint density at radius 1 is 0.733 bits per heavy atom. The number of hydrogen-bond donors (Lipinski definition) is 2. The smallest absolute Gasteiger partial charge is 0.243 e. The number of fused-ring (bicyclic) bond motifs is 1. The molecular formula is C43H58N10O7. The maximum atomic E-state index is 14.3. The molecule has 60 heavy (non-hydrogen) atoms. The number of carbonyl (C=O) groups excluding carboxylic acids is 5. The van der Waals surface area contributed by atoms with Gasteiger partial charge < -0.3 is 49.3 Å². The number of nitrogens with two attached hydrogens (primary N) is 1. The molecule has 322 valence electrons. The van der Waals surface area contributed by atoms with Crippen LogP contribution in [-0.2, 0) is 43.6 Å². The van der Waals surface area contributed by atoms with E-state index in [1.807, 2.05) is 77.0 Å². The zero-order chi connectivity index (χ0) is 42.7. The van der Waals surface area contributed by atoms with Crippen molar-refractivity contribution in [3.63, 3.8) is 0 Å². The van der Waals surface area contributed by atoms with Gasteiger partial charge in [0.1, 0.15) is 5.78 Å². The van der Waals surface area contributed by atoms with Gasteiger partial charge in [0, 0.05) is 64.1 Å². The minimum atomic E-state index is -0.427. The van der Waals surface area contributed by atoms with E-state index in [2.05, 4.69) is 15.3 Å². The summed E-state index contributed by atoms with van der Waals surface area (Å²) in [5.74, 6) is -0.347. The molecule has 2 aromatic heterocycles. The SMILES string of the molecule is CC(=O)CN(C(=O)CN(CCCn1ccnc1)C(=O)CN(CCCCN)C(=O)CN(CCCn1ccnc1)C(=O)CNCc1ccc2c(c1)OCO2)C(C)c1ccccc1. The van der Waals surface area contributed by atoms with Crippen molar-refractivity contribution in [2.75, 3.05) is 65.7 Å². The first-order valence-electron chi connectivity index (χ1n) is 20.5. The number of amides is 4. The summed E-state index contributed by atoms with van der Waals surface area (Å²) in [6, 6.07) is 14.6. The third kappa shape index (κ3) is 14.0. The summed E-state index contributed by atoms with van der Waals surface area (Å²) in [6.07, 6.45) is 12.6. The summed E-state index contributed by atoms with van der Waals surface area (Å²) in [5.41, 5.74) is 7.58. The summed E-state index contributed by atoms with van der Waals surface area (Å²) < 4.78 is 14.7. The second kappa shape index (κ2) is 23.5. The minimum absolute atomic E-state index is 0.0239. The molecule has 5 rings (SSSR count). The molecule has 2 aromatic carbocycles. The molecule has 1 aliphatic heterocycles. The zero-order valence-electron chi connectivity index (χ0n) is 34.7. The van der Waals surface area contributed by atoms with E-state index in [4.69, 9.17) is 15.2 Å². The number of ketones is 1. The Morgan fingerprint density at radius 3 is 1.90 bits per heavy atom. The highest BCUT2D eigenvalue weighted by Gasteiger charge is 2.29. The third-order valence-electron chi connectivity index (χ3n) is 10.2. The van der Waals surface area contributed by atoms with Gasteiger partial charge in [0.25, 0.3) is 0 Å². The highest BCUT2D eigenvalue weighted by Crippen LogP contribution is 2.32. The largest absolute Gasteiger partial charge is 0.454 e. The van der Waals surface area contributed by atoms with Crippen molar-refractivity contribution in [1.82, 2.24) is 44.0 Å². The molecule has 4 aromatic rings. The molecule has 1 unspecified atom stereocenters. The molecule has 4 amide bonds. The Kier molecular flexibility index (Phi) is 17.6. The first kappa shape index (κ1) is 45.0. The number of hydrogen-bond acceptors (Lipinski definition) is 11. The van der Waals surface area contributed by atoms with E-state index >= 15 is 0 Å². The number of benzene rings is 2. The van der Waals surface area contributed by atoms with Crippen LogP contribution in [0.15, 0.2) is 86.0 Å². The van der Waals surface area contributed by atoms with Gasteiger partial charge in [-0.2, -0.15) is 0 Å². The summed E-state index contributed by atoms with van der Waals surface area (Å²) in [6.45, 7) is 5.15. The van der Waals surface area contributed by atoms with Crippen LogP contribution < -0.4 is 20.5 Å². The lowest BCUT2D eigenvalue weighted by molar-refractivity contribution is -0.147. The number of rotatable bonds is 26. The molecular weight excluding hydrogens is 769 g/mol. The fraction of sp³-hybridized carbons (Fsp3) is 0.465. The van der Waals surface area contributed by atoms with Gasteiger partial charge in [-0.05, 0) is 69.3 Å². The van der Waals surface area contributed by atoms with E-state index in [1.54, 1.807) is 25.0 Å². The van der Waals surface area contributed by atoms with Crippen LogP contribution in [0.3, 0.4) is 0 Å². The van der Waals surface area contributed by atoms with Crippen molar-refractivity contribution >= 4 is 29.4 Å². The average Bonchev–Trinajstić information content (AvgIpc) is 4.06. The number of ether oxygens (including phenoxy) is 2. The maximum Gasteiger partial charge on any atom is 0.243 e. The van der Waals surface area contributed by atoms with Crippen molar-refractivity contribution in [1.29, 1.82) is 0 Å². The standard InChI is InChI=1S/C43H58N10O7/c1-34(54)27-53(35(2)37-10-4-3-5-11-37)43(58)30-52(21-9-18-49-23-16-46-32-49)42(57)29-51(19-7-6-14-44)41(56)28-50(20-8-17-48-22-15-45-31-48)40(55)26-47-25-36-12-13-38-39(24-36)60-33-59-38/h3-5,10-13,15-16,22-24,31-32,35,47H,6-9,14,17-21,25-30,33,44H2,1-2H3. The Bertz CT molecular complexity index is 1960. The lowest BCUT2D eigenvalue weighted by Gasteiger charge is -2.33. The lowest BCUT2D eigenvalue weighted by atomic mass is 10.1. The topological polar surface area (TPSA) is 190 Å². The molecule has 0 radical (unpaired) electrons. The van der Waals surface area contributed by atoms with E-state index < -0.39 is 17.9 Å². The normalized spacial score (nSPS) is 12.2. The predicted octanol–water partition coefficient (Wildman–Crippen LogP) is 2.48. The Balaban J connectivity index is 1.29. The van der Waals surface area contributed by atoms with Crippen LogP contribution in [0.5, 0.6) is 11.5 Å². The van der Waals surface area contributed by atoms with Gasteiger partial charge in [-0.25, -0.2) is 9.97 Å². The van der Waals surface area contributed by atoms with E-state index in [0.29, 0.717) is 69.9 Å². The quantitative estimate of drug-likeness (QED) is 0.0885. The molecule has 0 saturated carbocycles. The molecule has 0 aliphatic carbocycles. The third-order valence-corrected chi connectivity index (χ3v) is 10.2. The highest BCUT2D eigenvalue weighted by molar-refractivity contribution is 5.91. The van der Waals surface area contributed by atoms with Gasteiger partial charge in [-0.1, -0.05) is 36.4 Å². The summed E-state index contributed by atoms with van der Waals surface area (Å²) in [4.78, 5) is 82.9. The number of Topliss-reactive ketones (excluding diaryl/α,β-unsaturated/α-hetero) is 1. The Morgan fingerprint density at radius 2 is 1.32 bits per heavy atom. The van der Waals surface area contributed by atoms with E-state index in [1.165, 1.54) is 26.5 Å². The maximum absolute atomic E-state index is 14.3. The number of aromatic nitrogens is 4. The summed E-state index contributed by atoms with van der Waals surface area (Å²) >= 11 is 0. The van der Waals surface area contributed by atoms with Crippen molar-refractivity contribution in [2.24, 2.45) is 5.73 Å². The summed E-state index contributed by atoms with van der Waals surface area (Å²) in [5, 5.41) is 3.19. The van der Waals surface area contributed by atoms with Crippen molar-refractivity contribution in [2.45, 2.75) is 65.2 Å². The second-order valence-corrected chi connectivity index (χ2v) is 14.9. The first-order valence-corrected chi connectivity index (χ1v) is 20.5. The molecule has 0 fully saturated rings. The average molecular weight is 827 g/mol. The molecule has 1 atom stereocenters. The molecule has 0 saturated heterocycles. The van der Waals surface area contributed by atoms with Gasteiger partial charge in [0.05, 0.1) is 51.4 Å². The van der Waals surface area contributed by atoms with Gasteiger partial charge in [-0.3, -0.25) is 24.0 Å². The summed E-state index contributed by atoms with van der Waals surface area (Å²) in [7, 11) is 0. The number of imidazole rings is 2. The van der Waals surface area contributed by atoms with E-state index in [-0.39, 0.29) is 70.2 Å². The van der Waals surface area contributed by atoms with E-state index in [9.17, 15) is 24.0 Å². The molecule has 3 N–H and O–H groups in total. The fourth-order valence-corrected chi connectivity index (χ4v) is 6.90. The van der Waals surface area contributed by atoms with Gasteiger partial charge >= 0.3 is 0 Å². The van der Waals surface area contributed by atoms with Crippen LogP contribution in [0, 0.1) is 0 Å². The monoisotopic (exact) mass is 826 g/mol. The lowest BCUT2D eigenvalue weighted by Crippen LogP contribution is -2.51. The van der Waals surface area contributed by atoms with Crippen molar-refractivity contribution < 1.29 is 33.4 Å². The van der Waals surface area contributed by atoms with Crippen LogP contribution in [0.4, 0.5) is 0 Å². The number of carbonyl (C=O) groups is 5. The fourth-order valence-electron chi connectivity index (χ4n) is 6.90. The van der Waals surface area contributed by atoms with Gasteiger partial charge in [-0.15, -0.1) is 0 Å². The van der Waals surface area contributed by atoms with Crippen LogP contribution in [0.1, 0.15) is 56.7 Å². The zero-order valence-corrected chi connectivity index (χ0v) is 34.7. The predicted molar refractivity (Wildman–Crippen MR) is 223 cm³/mol. The Hall–Kier alpha value is -6.07. The molecule has 1 aliphatic rings. The van der Waals surface area contributed by atoms with Crippen LogP contribution in [0.25, 0.3) is 0 Å². The van der Waals surface area contributed by atoms with Crippen LogP contribution in [-0.4, -0.2) is 134 Å². The molecule has 3 heterocycles. The number of nitrogens with zero attached hydrogens (tertiary/aromatic N) is 8. The number of unbranched alkanes of at least 4 members (excludes halogenated alkanes) is 1. The van der Waals surface area contributed by atoms with Crippen LogP contribution in [0.2, 0.25) is 0 Å². The number of nitrogens with one attached hydrogen (secondary N) is 1. The van der Waals surface area contributed by atoms with Crippen molar-refractivity contribution in [3.05, 3.63) is 97.1 Å². The van der Waals surface area contributed by atoms with Gasteiger partial charge in [0.2, 0.25) is 30.4 Å². The first-order chi connectivity index (χ1) is 29.1. The molecule has 17 heteroatoms. The molecule has 0 spiro atoms. The molecule has 0 bridgehead atoms. The van der Waals surface area contributed by atoms with Crippen LogP contribution >= 0.6 is 0 Å². The van der Waals surface area contributed by atoms with E-state index in [0.717, 1.165) is 11.1 Å². The second-order valence-electron chi connectivity index (χ2n) is 14.9. The van der Waals surface area contributed by atoms with Gasteiger partial charge in [0.15, 0.2) is 11.5 Å². The highest BCUT2D eigenvalue weighted by atomic mass is 16.7.